The van der Waals surface area contributed by atoms with Crippen LogP contribution in [-0.4, -0.2) is 22.5 Å². The maximum absolute atomic E-state index is 12.6. The zero-order valence-electron chi connectivity index (χ0n) is 14.5. The van der Waals surface area contributed by atoms with Crippen molar-refractivity contribution in [2.45, 2.75) is 32.7 Å². The molecular formula is C17H20Cl2N4O3. The first-order valence-electron chi connectivity index (χ1n) is 8.09. The van der Waals surface area contributed by atoms with Crippen LogP contribution in [0.4, 0.5) is 11.5 Å². The number of likely N-dealkylation sites (N-methyl/N-ethyl adjacent to an activating group) is 1. The molecule has 0 aliphatic carbocycles. The fraction of sp³-hybridized carbons (Fsp3) is 0.353. The summed E-state index contributed by atoms with van der Waals surface area (Å²) < 4.78 is 1.26. The summed E-state index contributed by atoms with van der Waals surface area (Å²) in [5, 5.41) is 0.817. The monoisotopic (exact) mass is 398 g/mol. The Kier molecular flexibility index (Phi) is 6.50. The number of halogens is 2. The van der Waals surface area contributed by atoms with Crippen molar-refractivity contribution in [3.63, 3.8) is 0 Å². The van der Waals surface area contributed by atoms with Gasteiger partial charge in [-0.15, -0.1) is 0 Å². The van der Waals surface area contributed by atoms with Gasteiger partial charge in [0.1, 0.15) is 5.82 Å². The Labute approximate surface area is 160 Å². The van der Waals surface area contributed by atoms with Crippen molar-refractivity contribution >= 4 is 40.6 Å². The quantitative estimate of drug-likeness (QED) is 0.779. The van der Waals surface area contributed by atoms with Crippen molar-refractivity contribution in [3.8, 4) is 0 Å². The number of unbranched alkanes of at least 4 members (excludes halogenated alkanes) is 1. The van der Waals surface area contributed by atoms with Crippen LogP contribution >= 0.6 is 23.2 Å². The molecule has 3 N–H and O–H groups in total. The second-order valence-corrected chi connectivity index (χ2v) is 6.71. The van der Waals surface area contributed by atoms with Gasteiger partial charge >= 0.3 is 5.69 Å². The lowest BCUT2D eigenvalue weighted by molar-refractivity contribution is -0.117. The number of aromatic nitrogens is 2. The summed E-state index contributed by atoms with van der Waals surface area (Å²) in [7, 11) is 1.43. The topological polar surface area (TPSA) is 101 Å². The van der Waals surface area contributed by atoms with Gasteiger partial charge in [0, 0.05) is 23.6 Å². The second kappa shape index (κ2) is 8.42. The van der Waals surface area contributed by atoms with E-state index in [9.17, 15) is 14.4 Å². The molecule has 0 bridgehead atoms. The molecule has 0 aliphatic heterocycles. The minimum absolute atomic E-state index is 0.0368. The smallest absolute Gasteiger partial charge is 0.330 e. The largest absolute Gasteiger partial charge is 0.383 e. The number of anilines is 2. The van der Waals surface area contributed by atoms with Gasteiger partial charge < -0.3 is 10.6 Å². The molecule has 0 saturated carbocycles. The minimum atomic E-state index is -0.710. The number of nitrogen functional groups attached to an aromatic ring is 1. The molecule has 0 spiro atoms. The molecular weight excluding hydrogens is 379 g/mol. The van der Waals surface area contributed by atoms with Crippen LogP contribution in [0, 0.1) is 0 Å². The van der Waals surface area contributed by atoms with Crippen molar-refractivity contribution < 1.29 is 4.79 Å². The number of benzene rings is 1. The lowest BCUT2D eigenvalue weighted by Gasteiger charge is -2.20. The molecule has 0 radical (unpaired) electrons. The average molecular weight is 399 g/mol. The molecule has 1 aromatic carbocycles. The zero-order valence-corrected chi connectivity index (χ0v) is 16.0. The van der Waals surface area contributed by atoms with Gasteiger partial charge in [-0.3, -0.25) is 19.1 Å². The van der Waals surface area contributed by atoms with E-state index in [0.717, 1.165) is 11.3 Å². The molecule has 26 heavy (non-hydrogen) atoms. The first-order valence-corrected chi connectivity index (χ1v) is 8.85. The van der Waals surface area contributed by atoms with E-state index in [4.69, 9.17) is 28.9 Å². The normalized spacial score (nSPS) is 10.8. The Bertz CT molecular complexity index is 937. The van der Waals surface area contributed by atoms with Gasteiger partial charge in [0.2, 0.25) is 5.91 Å². The summed E-state index contributed by atoms with van der Waals surface area (Å²) in [6.45, 7) is 2.33. The van der Waals surface area contributed by atoms with Gasteiger partial charge in [-0.05, 0) is 24.1 Å². The highest BCUT2D eigenvalue weighted by Gasteiger charge is 2.21. The van der Waals surface area contributed by atoms with Crippen molar-refractivity contribution in [2.75, 3.05) is 17.7 Å². The maximum atomic E-state index is 12.6. The summed E-state index contributed by atoms with van der Waals surface area (Å²) in [5.41, 5.74) is 5.22. The molecule has 0 saturated heterocycles. The third kappa shape index (κ3) is 4.28. The summed E-state index contributed by atoms with van der Waals surface area (Å²) in [6, 6.07) is 4.81. The Hall–Kier alpha value is -2.25. The summed E-state index contributed by atoms with van der Waals surface area (Å²) in [5.74, 6) is -0.433. The molecule has 0 unspecified atom stereocenters. The lowest BCUT2D eigenvalue weighted by Crippen LogP contribution is -2.39. The molecule has 140 valence electrons. The second-order valence-electron chi connectivity index (χ2n) is 5.86. The standard InChI is InChI=1S/C17H20Cl2N4O3/c1-3-4-7-23-15(20)14(16(25)21-17(23)26)22(2)13(24)8-10-5-6-11(18)9-12(10)19/h5-6,9H,3-4,7-8,20H2,1-2H3,(H,21,25,26). The van der Waals surface area contributed by atoms with E-state index in [1.54, 1.807) is 12.1 Å². The summed E-state index contributed by atoms with van der Waals surface area (Å²) in [6.07, 6.45) is 1.53. The number of carbonyl (C=O) groups is 1. The molecule has 2 aromatic rings. The van der Waals surface area contributed by atoms with E-state index in [-0.39, 0.29) is 17.9 Å². The van der Waals surface area contributed by atoms with Crippen LogP contribution in [0.2, 0.25) is 10.0 Å². The number of hydrogen-bond donors (Lipinski definition) is 2. The number of carbonyl (C=O) groups excluding carboxylic acids is 1. The van der Waals surface area contributed by atoms with Crippen LogP contribution < -0.4 is 21.9 Å². The fourth-order valence-electron chi connectivity index (χ4n) is 2.51. The van der Waals surface area contributed by atoms with Crippen LogP contribution in [0.3, 0.4) is 0 Å². The number of nitrogens with zero attached hydrogens (tertiary/aromatic N) is 2. The van der Waals surface area contributed by atoms with Crippen LogP contribution in [-0.2, 0) is 17.8 Å². The van der Waals surface area contributed by atoms with Gasteiger partial charge in [-0.1, -0.05) is 42.6 Å². The number of H-pyrrole nitrogens is 1. The van der Waals surface area contributed by atoms with E-state index >= 15 is 0 Å². The highest BCUT2D eigenvalue weighted by molar-refractivity contribution is 6.35. The van der Waals surface area contributed by atoms with Gasteiger partial charge in [0.25, 0.3) is 5.56 Å². The molecule has 9 heteroatoms. The summed E-state index contributed by atoms with van der Waals surface area (Å²) in [4.78, 5) is 40.1. The molecule has 7 nitrogen and oxygen atoms in total. The Balaban J connectivity index is 2.36. The van der Waals surface area contributed by atoms with Crippen LogP contribution in [0.5, 0.6) is 0 Å². The number of nitrogens with two attached hydrogens (primary N) is 1. The molecule has 2 rings (SSSR count). The Morgan fingerprint density at radius 1 is 1.31 bits per heavy atom. The molecule has 0 aliphatic rings. The Morgan fingerprint density at radius 2 is 2.00 bits per heavy atom. The van der Waals surface area contributed by atoms with E-state index < -0.39 is 17.2 Å². The first kappa shape index (κ1) is 20.1. The summed E-state index contributed by atoms with van der Waals surface area (Å²) >= 11 is 12.0. The van der Waals surface area contributed by atoms with E-state index in [0.29, 0.717) is 28.6 Å². The number of hydrogen-bond acceptors (Lipinski definition) is 4. The van der Waals surface area contributed by atoms with Crippen molar-refractivity contribution in [1.29, 1.82) is 0 Å². The van der Waals surface area contributed by atoms with Crippen LogP contribution in [0.15, 0.2) is 27.8 Å². The van der Waals surface area contributed by atoms with E-state index in [1.807, 2.05) is 6.92 Å². The minimum Gasteiger partial charge on any atom is -0.383 e. The molecule has 1 aromatic heterocycles. The van der Waals surface area contributed by atoms with E-state index in [2.05, 4.69) is 4.98 Å². The molecule has 1 amide bonds. The highest BCUT2D eigenvalue weighted by atomic mass is 35.5. The first-order chi connectivity index (χ1) is 12.3. The van der Waals surface area contributed by atoms with Crippen LogP contribution in [0.1, 0.15) is 25.3 Å². The van der Waals surface area contributed by atoms with Gasteiger partial charge in [0.15, 0.2) is 5.69 Å². The molecule has 0 fully saturated rings. The number of aromatic amines is 1. The third-order valence-electron chi connectivity index (χ3n) is 4.02. The van der Waals surface area contributed by atoms with Crippen molar-refractivity contribution in [3.05, 3.63) is 54.6 Å². The zero-order chi connectivity index (χ0) is 19.4. The van der Waals surface area contributed by atoms with E-state index in [1.165, 1.54) is 17.7 Å². The number of amides is 1. The van der Waals surface area contributed by atoms with Gasteiger partial charge in [-0.2, -0.15) is 0 Å². The predicted molar refractivity (Wildman–Crippen MR) is 104 cm³/mol. The van der Waals surface area contributed by atoms with Gasteiger partial charge in [0.05, 0.1) is 6.42 Å². The highest BCUT2D eigenvalue weighted by Crippen LogP contribution is 2.23. The molecule has 1 heterocycles. The lowest BCUT2D eigenvalue weighted by atomic mass is 10.1. The predicted octanol–water partition coefficient (Wildman–Crippen LogP) is 2.43. The Morgan fingerprint density at radius 3 is 2.62 bits per heavy atom. The maximum Gasteiger partial charge on any atom is 0.330 e. The van der Waals surface area contributed by atoms with Crippen LogP contribution in [0.25, 0.3) is 0 Å². The van der Waals surface area contributed by atoms with Crippen molar-refractivity contribution in [2.24, 2.45) is 0 Å². The number of nitrogens with one attached hydrogen (secondary N) is 1. The third-order valence-corrected chi connectivity index (χ3v) is 4.60. The SMILES string of the molecule is CCCCn1c(N)c(N(C)C(=O)Cc2ccc(Cl)cc2Cl)c(=O)[nH]c1=O. The van der Waals surface area contributed by atoms with Gasteiger partial charge in [-0.25, -0.2) is 4.79 Å². The van der Waals surface area contributed by atoms with Crippen molar-refractivity contribution in [1.82, 2.24) is 9.55 Å². The molecule has 0 atom stereocenters. The average Bonchev–Trinajstić information content (AvgIpc) is 2.56. The fourth-order valence-corrected chi connectivity index (χ4v) is 2.99. The number of rotatable bonds is 6.